The molecule has 3 aliphatic heterocycles. The Bertz CT molecular complexity index is 959. The van der Waals surface area contributed by atoms with Gasteiger partial charge in [-0.05, 0) is 49.3 Å². The number of hydrogen-bond acceptors (Lipinski definition) is 7. The van der Waals surface area contributed by atoms with E-state index in [9.17, 15) is 14.4 Å². The van der Waals surface area contributed by atoms with E-state index in [1.54, 1.807) is 7.11 Å². The number of fused-ring (bicyclic) bond motifs is 1. The molecule has 37 heavy (non-hydrogen) atoms. The summed E-state index contributed by atoms with van der Waals surface area (Å²) in [6.45, 7) is 7.50. The molecule has 2 atom stereocenters. The summed E-state index contributed by atoms with van der Waals surface area (Å²) in [5, 5.41) is 0. The molecule has 204 valence electrons. The predicted octanol–water partition coefficient (Wildman–Crippen LogP) is 3.55. The van der Waals surface area contributed by atoms with Gasteiger partial charge < -0.3 is 19.1 Å². The minimum atomic E-state index is -0.0898. The quantitative estimate of drug-likeness (QED) is 0.371. The van der Waals surface area contributed by atoms with Crippen LogP contribution >= 0.6 is 0 Å². The SMILES string of the molecule is CCCCN(CCCC)C(=O)CN1C[C@H](c2cc(OC)c3c(c2)OCO3)C[C@@H]1CCN1C(=O)CCC1=O. The normalized spacial score (nSPS) is 21.2. The maximum atomic E-state index is 13.4. The van der Waals surface area contributed by atoms with Gasteiger partial charge in [-0.15, -0.1) is 0 Å². The fraction of sp³-hybridized carbons (Fsp3) is 0.679. The lowest BCUT2D eigenvalue weighted by Gasteiger charge is -2.29. The number of ether oxygens (including phenoxy) is 3. The number of methoxy groups -OCH3 is 1. The van der Waals surface area contributed by atoms with Crippen molar-refractivity contribution in [1.29, 1.82) is 0 Å². The van der Waals surface area contributed by atoms with Crippen molar-refractivity contribution in [2.75, 3.05) is 46.6 Å². The molecule has 3 amide bonds. The molecule has 3 heterocycles. The average molecular weight is 516 g/mol. The summed E-state index contributed by atoms with van der Waals surface area (Å²) in [4.78, 5) is 43.5. The zero-order valence-corrected chi connectivity index (χ0v) is 22.5. The zero-order chi connectivity index (χ0) is 26.4. The summed E-state index contributed by atoms with van der Waals surface area (Å²) < 4.78 is 16.8. The van der Waals surface area contributed by atoms with Crippen LogP contribution in [0.3, 0.4) is 0 Å². The van der Waals surface area contributed by atoms with Crippen molar-refractivity contribution in [3.63, 3.8) is 0 Å². The Hall–Kier alpha value is -2.81. The third-order valence-corrected chi connectivity index (χ3v) is 7.77. The van der Waals surface area contributed by atoms with Crippen LogP contribution in [0.1, 0.15) is 76.7 Å². The van der Waals surface area contributed by atoms with E-state index in [-0.39, 0.29) is 36.5 Å². The smallest absolute Gasteiger partial charge is 0.236 e. The van der Waals surface area contributed by atoms with E-state index < -0.39 is 0 Å². The summed E-state index contributed by atoms with van der Waals surface area (Å²) in [6.07, 6.45) is 6.19. The average Bonchev–Trinajstić information content (AvgIpc) is 3.61. The number of imide groups is 1. The molecule has 0 radical (unpaired) electrons. The van der Waals surface area contributed by atoms with Crippen LogP contribution in [0.4, 0.5) is 0 Å². The molecule has 0 saturated carbocycles. The van der Waals surface area contributed by atoms with E-state index in [1.807, 2.05) is 17.0 Å². The Balaban J connectivity index is 1.51. The molecule has 0 spiro atoms. The van der Waals surface area contributed by atoms with Crippen LogP contribution < -0.4 is 14.2 Å². The lowest BCUT2D eigenvalue weighted by atomic mass is 9.94. The molecule has 9 nitrogen and oxygen atoms in total. The first-order valence-electron chi connectivity index (χ1n) is 13.8. The van der Waals surface area contributed by atoms with Crippen molar-refractivity contribution < 1.29 is 28.6 Å². The van der Waals surface area contributed by atoms with Gasteiger partial charge in [-0.1, -0.05) is 26.7 Å². The molecular weight excluding hydrogens is 474 g/mol. The second-order valence-electron chi connectivity index (χ2n) is 10.3. The first kappa shape index (κ1) is 27.2. The summed E-state index contributed by atoms with van der Waals surface area (Å²) in [5.41, 5.74) is 1.09. The molecule has 1 aromatic carbocycles. The number of hydrogen-bond donors (Lipinski definition) is 0. The van der Waals surface area contributed by atoms with E-state index >= 15 is 0 Å². The van der Waals surface area contributed by atoms with Gasteiger partial charge >= 0.3 is 0 Å². The molecule has 4 rings (SSSR count). The summed E-state index contributed by atoms with van der Waals surface area (Å²) in [7, 11) is 1.62. The summed E-state index contributed by atoms with van der Waals surface area (Å²) in [5.74, 6) is 2.10. The van der Waals surface area contributed by atoms with Gasteiger partial charge in [0.15, 0.2) is 11.5 Å². The number of amides is 3. The standard InChI is InChI=1S/C28H41N3O6/c1-4-6-11-29(12-7-5-2)27(34)18-30-17-21(14-22(30)10-13-31-25(32)8-9-26(31)33)20-15-23(35-3)28-24(16-20)36-19-37-28/h15-16,21-22H,4-14,17-19H2,1-3H3/t21-,22+/m1/s1. The van der Waals surface area contributed by atoms with Crippen molar-refractivity contribution in [1.82, 2.24) is 14.7 Å². The summed E-state index contributed by atoms with van der Waals surface area (Å²) in [6, 6.07) is 4.11. The molecule has 3 aliphatic rings. The van der Waals surface area contributed by atoms with E-state index in [0.29, 0.717) is 49.6 Å². The molecule has 2 saturated heterocycles. The van der Waals surface area contributed by atoms with Gasteiger partial charge in [0.25, 0.3) is 0 Å². The summed E-state index contributed by atoms with van der Waals surface area (Å²) >= 11 is 0. The largest absolute Gasteiger partial charge is 0.493 e. The molecule has 2 fully saturated rings. The lowest BCUT2D eigenvalue weighted by Crippen LogP contribution is -2.44. The number of nitrogens with zero attached hydrogens (tertiary/aromatic N) is 3. The highest BCUT2D eigenvalue weighted by Crippen LogP contribution is 2.45. The topological polar surface area (TPSA) is 88.6 Å². The Morgan fingerprint density at radius 1 is 1.08 bits per heavy atom. The Morgan fingerprint density at radius 3 is 2.43 bits per heavy atom. The molecular formula is C28H41N3O6. The van der Waals surface area contributed by atoms with Crippen molar-refractivity contribution in [2.24, 2.45) is 0 Å². The fourth-order valence-corrected chi connectivity index (χ4v) is 5.59. The van der Waals surface area contributed by atoms with Crippen LogP contribution in [0, 0.1) is 0 Å². The Morgan fingerprint density at radius 2 is 1.78 bits per heavy atom. The molecule has 0 aromatic heterocycles. The molecule has 0 N–H and O–H groups in total. The van der Waals surface area contributed by atoms with Gasteiger partial charge in [-0.3, -0.25) is 24.2 Å². The van der Waals surface area contributed by atoms with Gasteiger partial charge in [-0.2, -0.15) is 0 Å². The van der Waals surface area contributed by atoms with Gasteiger partial charge in [0.2, 0.25) is 30.3 Å². The van der Waals surface area contributed by atoms with Gasteiger partial charge in [0, 0.05) is 45.1 Å². The maximum Gasteiger partial charge on any atom is 0.236 e. The second-order valence-corrected chi connectivity index (χ2v) is 10.3. The highest BCUT2D eigenvalue weighted by atomic mass is 16.7. The molecule has 0 aliphatic carbocycles. The Kier molecular flexibility index (Phi) is 9.29. The van der Waals surface area contributed by atoms with Gasteiger partial charge in [-0.25, -0.2) is 0 Å². The molecule has 9 heteroatoms. The van der Waals surface area contributed by atoms with Crippen LogP contribution in [0.15, 0.2) is 12.1 Å². The van der Waals surface area contributed by atoms with E-state index in [0.717, 1.165) is 57.3 Å². The number of benzene rings is 1. The lowest BCUT2D eigenvalue weighted by molar-refractivity contribution is -0.139. The minimum Gasteiger partial charge on any atom is -0.493 e. The molecule has 1 aromatic rings. The van der Waals surface area contributed by atoms with E-state index in [2.05, 4.69) is 18.7 Å². The van der Waals surface area contributed by atoms with Gasteiger partial charge in [0.05, 0.1) is 13.7 Å². The van der Waals surface area contributed by atoms with Crippen LogP contribution in [-0.2, 0) is 14.4 Å². The first-order valence-corrected chi connectivity index (χ1v) is 13.8. The van der Waals surface area contributed by atoms with Crippen molar-refractivity contribution in [2.45, 2.75) is 77.2 Å². The number of likely N-dealkylation sites (tertiary alicyclic amines) is 2. The minimum absolute atomic E-state index is 0.0887. The number of rotatable bonds is 13. The van der Waals surface area contributed by atoms with Gasteiger partial charge in [0.1, 0.15) is 0 Å². The highest BCUT2D eigenvalue weighted by Gasteiger charge is 2.37. The maximum absolute atomic E-state index is 13.4. The third kappa shape index (κ3) is 6.37. The zero-order valence-electron chi connectivity index (χ0n) is 22.5. The fourth-order valence-electron chi connectivity index (χ4n) is 5.59. The van der Waals surface area contributed by atoms with Crippen molar-refractivity contribution in [3.05, 3.63) is 17.7 Å². The van der Waals surface area contributed by atoms with Crippen LogP contribution in [0.5, 0.6) is 17.2 Å². The third-order valence-electron chi connectivity index (χ3n) is 7.77. The van der Waals surface area contributed by atoms with Crippen molar-refractivity contribution in [3.8, 4) is 17.2 Å². The van der Waals surface area contributed by atoms with Crippen LogP contribution in [0.2, 0.25) is 0 Å². The highest BCUT2D eigenvalue weighted by molar-refractivity contribution is 6.01. The number of carbonyl (C=O) groups excluding carboxylic acids is 3. The predicted molar refractivity (Wildman–Crippen MR) is 139 cm³/mol. The molecule has 0 unspecified atom stereocenters. The molecule has 0 bridgehead atoms. The number of unbranched alkanes of at least 4 members (excludes halogenated alkanes) is 2. The van der Waals surface area contributed by atoms with E-state index in [4.69, 9.17) is 14.2 Å². The Labute approximate surface area is 220 Å². The van der Waals surface area contributed by atoms with Crippen LogP contribution in [-0.4, -0.2) is 85.1 Å². The van der Waals surface area contributed by atoms with E-state index in [1.165, 1.54) is 4.90 Å². The van der Waals surface area contributed by atoms with Crippen LogP contribution in [0.25, 0.3) is 0 Å². The number of carbonyl (C=O) groups is 3. The second kappa shape index (κ2) is 12.6. The van der Waals surface area contributed by atoms with Crippen molar-refractivity contribution >= 4 is 17.7 Å². The monoisotopic (exact) mass is 515 g/mol. The first-order chi connectivity index (χ1) is 17.9.